The van der Waals surface area contributed by atoms with E-state index in [0.717, 1.165) is 18.7 Å². The van der Waals surface area contributed by atoms with Crippen LogP contribution in [-0.2, 0) is 21.4 Å². The molecule has 6 nitrogen and oxygen atoms in total. The molecule has 0 bridgehead atoms. The predicted octanol–water partition coefficient (Wildman–Crippen LogP) is 0.815. The third kappa shape index (κ3) is 4.63. The predicted molar refractivity (Wildman–Crippen MR) is 89.4 cm³/mol. The Hall–Kier alpha value is -1.70. The van der Waals surface area contributed by atoms with E-state index in [9.17, 15) is 13.2 Å². The van der Waals surface area contributed by atoms with Crippen LogP contribution in [0.15, 0.2) is 41.3 Å². The fraction of sp³-hybridized carbons (Fsp3) is 0.438. The van der Waals surface area contributed by atoms with Crippen LogP contribution in [0.4, 0.5) is 0 Å². The molecule has 1 amide bonds. The first kappa shape index (κ1) is 17.7. The Bertz CT molecular complexity index is 660. The number of carbonyl (C=O) groups is 1. The number of carbonyl (C=O) groups excluding carboxylic acids is 1. The largest absolute Gasteiger partial charge is 0.348 e. The molecule has 1 saturated heterocycles. The lowest BCUT2D eigenvalue weighted by molar-refractivity contribution is -0.116. The van der Waals surface area contributed by atoms with Crippen LogP contribution in [0.3, 0.4) is 0 Å². The fourth-order valence-electron chi connectivity index (χ4n) is 2.36. The highest BCUT2D eigenvalue weighted by molar-refractivity contribution is 7.89. The molecule has 0 unspecified atom stereocenters. The summed E-state index contributed by atoms with van der Waals surface area (Å²) in [6.45, 7) is 4.66. The molecule has 1 aliphatic heterocycles. The highest BCUT2D eigenvalue weighted by atomic mass is 32.2. The summed E-state index contributed by atoms with van der Waals surface area (Å²) in [4.78, 5) is 13.8. The Morgan fingerprint density at radius 3 is 2.35 bits per heavy atom. The molecule has 2 rings (SSSR count). The minimum Gasteiger partial charge on any atom is -0.348 e. The SMILES string of the molecule is C/C=C/C(=O)NCc1ccc(S(=O)(=O)N2CCN(C)CC2)cc1. The average Bonchev–Trinajstić information content (AvgIpc) is 2.54. The van der Waals surface area contributed by atoms with Gasteiger partial charge in [-0.05, 0) is 37.7 Å². The molecule has 1 aromatic rings. The van der Waals surface area contributed by atoms with Gasteiger partial charge in [-0.1, -0.05) is 18.2 Å². The number of rotatable bonds is 5. The zero-order chi connectivity index (χ0) is 16.9. The van der Waals surface area contributed by atoms with Gasteiger partial charge in [-0.3, -0.25) is 4.79 Å². The third-order valence-electron chi connectivity index (χ3n) is 3.81. The monoisotopic (exact) mass is 337 g/mol. The normalized spacial score (nSPS) is 17.5. The van der Waals surface area contributed by atoms with Crippen molar-refractivity contribution in [3.8, 4) is 0 Å². The lowest BCUT2D eigenvalue weighted by atomic mass is 10.2. The van der Waals surface area contributed by atoms with Crippen molar-refractivity contribution >= 4 is 15.9 Å². The van der Waals surface area contributed by atoms with Gasteiger partial charge < -0.3 is 10.2 Å². The number of likely N-dealkylation sites (N-methyl/N-ethyl adjacent to an activating group) is 1. The molecule has 1 aliphatic rings. The van der Waals surface area contributed by atoms with Crippen molar-refractivity contribution in [3.05, 3.63) is 42.0 Å². The van der Waals surface area contributed by atoms with E-state index in [0.29, 0.717) is 24.5 Å². The molecule has 1 N–H and O–H groups in total. The Morgan fingerprint density at radius 1 is 1.17 bits per heavy atom. The van der Waals surface area contributed by atoms with E-state index in [1.807, 2.05) is 7.05 Å². The Kier molecular flexibility index (Phi) is 5.92. The first-order valence-corrected chi connectivity index (χ1v) is 9.05. The second-order valence-corrected chi connectivity index (χ2v) is 7.51. The number of amides is 1. The van der Waals surface area contributed by atoms with Crippen molar-refractivity contribution in [2.45, 2.75) is 18.4 Å². The zero-order valence-electron chi connectivity index (χ0n) is 13.5. The van der Waals surface area contributed by atoms with Crippen LogP contribution >= 0.6 is 0 Å². The van der Waals surface area contributed by atoms with Gasteiger partial charge in [0.1, 0.15) is 0 Å². The van der Waals surface area contributed by atoms with Gasteiger partial charge in [-0.25, -0.2) is 8.42 Å². The maximum absolute atomic E-state index is 12.6. The molecule has 0 aliphatic carbocycles. The van der Waals surface area contributed by atoms with Gasteiger partial charge >= 0.3 is 0 Å². The Labute approximate surface area is 137 Å². The molecule has 1 aromatic carbocycles. The lowest BCUT2D eigenvalue weighted by Gasteiger charge is -2.31. The van der Waals surface area contributed by atoms with E-state index < -0.39 is 10.0 Å². The van der Waals surface area contributed by atoms with Gasteiger partial charge in [0.25, 0.3) is 0 Å². The second kappa shape index (κ2) is 7.72. The van der Waals surface area contributed by atoms with Crippen LogP contribution in [0.1, 0.15) is 12.5 Å². The summed E-state index contributed by atoms with van der Waals surface area (Å²) < 4.78 is 26.7. The maximum atomic E-state index is 12.6. The summed E-state index contributed by atoms with van der Waals surface area (Å²) in [7, 11) is -1.45. The number of sulfonamides is 1. The van der Waals surface area contributed by atoms with Crippen molar-refractivity contribution in [1.29, 1.82) is 0 Å². The van der Waals surface area contributed by atoms with Crippen LogP contribution in [0.2, 0.25) is 0 Å². The molecule has 7 heteroatoms. The number of hydrogen-bond acceptors (Lipinski definition) is 4. The van der Waals surface area contributed by atoms with Gasteiger partial charge in [0.05, 0.1) is 4.90 Å². The van der Waals surface area contributed by atoms with Gasteiger partial charge in [0.15, 0.2) is 0 Å². The molecular formula is C16H23N3O3S. The second-order valence-electron chi connectivity index (χ2n) is 5.57. The van der Waals surface area contributed by atoms with Crippen molar-refractivity contribution in [2.75, 3.05) is 33.2 Å². The fourth-order valence-corrected chi connectivity index (χ4v) is 3.78. The maximum Gasteiger partial charge on any atom is 0.243 e. The summed E-state index contributed by atoms with van der Waals surface area (Å²) in [5.41, 5.74) is 0.861. The van der Waals surface area contributed by atoms with Gasteiger partial charge in [-0.15, -0.1) is 0 Å². The lowest BCUT2D eigenvalue weighted by Crippen LogP contribution is -2.46. The first-order valence-electron chi connectivity index (χ1n) is 7.61. The minimum atomic E-state index is -3.43. The quantitative estimate of drug-likeness (QED) is 0.808. The van der Waals surface area contributed by atoms with Crippen molar-refractivity contribution in [3.63, 3.8) is 0 Å². The highest BCUT2D eigenvalue weighted by Crippen LogP contribution is 2.18. The molecule has 0 spiro atoms. The molecule has 1 fully saturated rings. The van der Waals surface area contributed by atoms with Gasteiger partial charge in [0.2, 0.25) is 15.9 Å². The van der Waals surface area contributed by atoms with Crippen LogP contribution in [0.25, 0.3) is 0 Å². The van der Waals surface area contributed by atoms with Gasteiger partial charge in [0, 0.05) is 32.7 Å². The molecule has 23 heavy (non-hydrogen) atoms. The van der Waals surface area contributed by atoms with Crippen LogP contribution in [-0.4, -0.2) is 56.8 Å². The zero-order valence-corrected chi connectivity index (χ0v) is 14.3. The molecule has 0 saturated carbocycles. The number of nitrogens with one attached hydrogen (secondary N) is 1. The summed E-state index contributed by atoms with van der Waals surface area (Å²) in [6, 6.07) is 6.67. The van der Waals surface area contributed by atoms with E-state index in [2.05, 4.69) is 10.2 Å². The van der Waals surface area contributed by atoms with E-state index in [-0.39, 0.29) is 5.91 Å². The Morgan fingerprint density at radius 2 is 1.78 bits per heavy atom. The van der Waals surface area contributed by atoms with Crippen molar-refractivity contribution < 1.29 is 13.2 Å². The number of piperazine rings is 1. The number of nitrogens with zero attached hydrogens (tertiary/aromatic N) is 2. The number of hydrogen-bond donors (Lipinski definition) is 1. The standard InChI is InChI=1S/C16H23N3O3S/c1-3-4-16(20)17-13-14-5-7-15(8-6-14)23(21,22)19-11-9-18(2)10-12-19/h3-8H,9-13H2,1-2H3,(H,17,20)/b4-3+. The van der Waals surface area contributed by atoms with Crippen molar-refractivity contribution in [2.24, 2.45) is 0 Å². The summed E-state index contributed by atoms with van der Waals surface area (Å²) in [6.07, 6.45) is 3.12. The van der Waals surface area contributed by atoms with E-state index in [4.69, 9.17) is 0 Å². The average molecular weight is 337 g/mol. The van der Waals surface area contributed by atoms with E-state index in [1.54, 1.807) is 37.3 Å². The van der Waals surface area contributed by atoms with Crippen molar-refractivity contribution in [1.82, 2.24) is 14.5 Å². The first-order chi connectivity index (χ1) is 10.9. The molecule has 126 valence electrons. The summed E-state index contributed by atoms with van der Waals surface area (Å²) in [5, 5.41) is 2.74. The van der Waals surface area contributed by atoms with E-state index in [1.165, 1.54) is 10.4 Å². The Balaban J connectivity index is 2.02. The summed E-state index contributed by atoms with van der Waals surface area (Å²) >= 11 is 0. The molecule has 1 heterocycles. The molecule has 0 aromatic heterocycles. The van der Waals surface area contributed by atoms with Crippen LogP contribution in [0, 0.1) is 0 Å². The molecule has 0 atom stereocenters. The molecule has 0 radical (unpaired) electrons. The van der Waals surface area contributed by atoms with E-state index >= 15 is 0 Å². The number of benzene rings is 1. The van der Waals surface area contributed by atoms with Gasteiger partial charge in [-0.2, -0.15) is 4.31 Å². The van der Waals surface area contributed by atoms with Crippen LogP contribution < -0.4 is 5.32 Å². The van der Waals surface area contributed by atoms with Crippen LogP contribution in [0.5, 0.6) is 0 Å². The topological polar surface area (TPSA) is 69.7 Å². The summed E-state index contributed by atoms with van der Waals surface area (Å²) in [5.74, 6) is -0.165. The molecular weight excluding hydrogens is 314 g/mol. The number of allylic oxidation sites excluding steroid dienone is 1. The minimum absolute atomic E-state index is 0.165. The smallest absolute Gasteiger partial charge is 0.243 e. The third-order valence-corrected chi connectivity index (χ3v) is 5.72. The highest BCUT2D eigenvalue weighted by Gasteiger charge is 2.27.